The normalized spacial score (nSPS) is 11.8. The smallest absolute Gasteiger partial charge is 0.281 e. The Morgan fingerprint density at radius 1 is 1.53 bits per heavy atom. The summed E-state index contributed by atoms with van der Waals surface area (Å²) < 4.78 is 51.3. The summed E-state index contributed by atoms with van der Waals surface area (Å²) in [7, 11) is -2.98. The minimum Gasteiger partial charge on any atom is -0.495 e. The highest BCUT2D eigenvalue weighted by atomic mass is 32.2. The van der Waals surface area contributed by atoms with E-state index >= 15 is 0 Å². The second-order valence-electron chi connectivity index (χ2n) is 2.60. The van der Waals surface area contributed by atoms with Crippen LogP contribution in [0.2, 0.25) is 0 Å². The van der Waals surface area contributed by atoms with E-state index in [9.17, 15) is 17.2 Å². The van der Waals surface area contributed by atoms with Crippen LogP contribution < -0.4 is 9.88 Å². The Morgan fingerprint density at radius 2 is 2.13 bits per heavy atom. The molecule has 1 aromatic heterocycles. The summed E-state index contributed by atoms with van der Waals surface area (Å²) in [5.74, 6) is 0.0448. The van der Waals surface area contributed by atoms with Crippen molar-refractivity contribution in [1.82, 2.24) is 4.98 Å². The molecule has 15 heavy (non-hydrogen) atoms. The summed E-state index contributed by atoms with van der Waals surface area (Å²) in [6, 6.07) is 0.907. The number of methoxy groups -OCH3 is 1. The molecular formula is C7H8F2N2O3S. The van der Waals surface area contributed by atoms with Crippen LogP contribution in [0.15, 0.2) is 17.2 Å². The summed E-state index contributed by atoms with van der Waals surface area (Å²) in [5.41, 5.74) is -0.877. The van der Waals surface area contributed by atoms with Gasteiger partial charge in [-0.1, -0.05) is 0 Å². The van der Waals surface area contributed by atoms with Crippen LogP contribution in [0, 0.1) is 0 Å². The van der Waals surface area contributed by atoms with E-state index in [4.69, 9.17) is 5.14 Å². The van der Waals surface area contributed by atoms with E-state index in [1.807, 2.05) is 0 Å². The number of aromatic nitrogens is 1. The lowest BCUT2D eigenvalue weighted by Gasteiger charge is -2.07. The van der Waals surface area contributed by atoms with Crippen LogP contribution >= 0.6 is 0 Å². The predicted octanol–water partition coefficient (Wildman–Crippen LogP) is 0.675. The highest BCUT2D eigenvalue weighted by molar-refractivity contribution is 7.89. The summed E-state index contributed by atoms with van der Waals surface area (Å²) in [4.78, 5) is 2.56. The van der Waals surface area contributed by atoms with Gasteiger partial charge in [0.1, 0.15) is 16.3 Å². The van der Waals surface area contributed by atoms with Gasteiger partial charge in [-0.2, -0.15) is 0 Å². The van der Waals surface area contributed by atoms with Crippen LogP contribution in [-0.4, -0.2) is 20.5 Å². The highest BCUT2D eigenvalue weighted by Crippen LogP contribution is 2.26. The lowest BCUT2D eigenvalue weighted by molar-refractivity contribution is 0.142. The summed E-state index contributed by atoms with van der Waals surface area (Å²) in [6.45, 7) is 0. The molecule has 1 rings (SSSR count). The van der Waals surface area contributed by atoms with E-state index in [0.717, 1.165) is 12.3 Å². The van der Waals surface area contributed by atoms with Gasteiger partial charge in [-0.15, -0.1) is 0 Å². The molecule has 0 unspecified atom stereocenters. The van der Waals surface area contributed by atoms with E-state index in [0.29, 0.717) is 0 Å². The second-order valence-corrected chi connectivity index (χ2v) is 4.13. The first-order chi connectivity index (χ1) is 6.86. The number of halogens is 2. The average Bonchev–Trinajstić information content (AvgIpc) is 2.15. The topological polar surface area (TPSA) is 82.3 Å². The third-order valence-electron chi connectivity index (χ3n) is 1.61. The zero-order chi connectivity index (χ0) is 11.6. The van der Waals surface area contributed by atoms with E-state index in [1.165, 1.54) is 7.11 Å². The maximum atomic E-state index is 12.4. The monoisotopic (exact) mass is 238 g/mol. The average molecular weight is 238 g/mol. The van der Waals surface area contributed by atoms with Crippen molar-refractivity contribution in [1.29, 1.82) is 0 Å². The molecule has 0 radical (unpaired) electrons. The molecule has 1 heterocycles. The van der Waals surface area contributed by atoms with Gasteiger partial charge in [0.2, 0.25) is 10.0 Å². The summed E-state index contributed by atoms with van der Waals surface area (Å²) >= 11 is 0. The van der Waals surface area contributed by atoms with Crippen molar-refractivity contribution in [2.75, 3.05) is 7.11 Å². The number of hydrogen-bond donors (Lipinski definition) is 1. The zero-order valence-corrected chi connectivity index (χ0v) is 8.46. The number of primary sulfonamides is 1. The maximum absolute atomic E-state index is 12.4. The van der Waals surface area contributed by atoms with Crippen molar-refractivity contribution < 1.29 is 21.9 Å². The van der Waals surface area contributed by atoms with Crippen molar-refractivity contribution >= 4 is 10.0 Å². The third-order valence-corrected chi connectivity index (χ3v) is 2.55. The molecule has 1 aromatic rings. The number of hydrogen-bond acceptors (Lipinski definition) is 4. The number of nitrogens with zero attached hydrogens (tertiary/aromatic N) is 1. The van der Waals surface area contributed by atoms with Gasteiger partial charge in [-0.3, -0.25) is 0 Å². The number of nitrogens with two attached hydrogens (primary N) is 1. The van der Waals surface area contributed by atoms with Crippen LogP contribution in [0.5, 0.6) is 5.75 Å². The first kappa shape index (κ1) is 11.8. The van der Waals surface area contributed by atoms with Gasteiger partial charge in [0, 0.05) is 6.07 Å². The third kappa shape index (κ3) is 2.60. The second kappa shape index (κ2) is 4.07. The first-order valence-corrected chi connectivity index (χ1v) is 5.25. The minimum atomic E-state index is -4.23. The van der Waals surface area contributed by atoms with E-state index in [-0.39, 0.29) is 5.75 Å². The first-order valence-electron chi connectivity index (χ1n) is 3.71. The summed E-state index contributed by atoms with van der Waals surface area (Å²) in [6.07, 6.45) is -2.01. The van der Waals surface area contributed by atoms with Crippen molar-refractivity contribution in [2.45, 2.75) is 11.3 Å². The molecule has 0 fully saturated rings. The minimum absolute atomic E-state index is 0.0448. The van der Waals surface area contributed by atoms with E-state index in [1.54, 1.807) is 0 Å². The Hall–Kier alpha value is -1.28. The Morgan fingerprint density at radius 3 is 2.53 bits per heavy atom. The predicted molar refractivity (Wildman–Crippen MR) is 47.1 cm³/mol. The van der Waals surface area contributed by atoms with Crippen LogP contribution in [0.4, 0.5) is 8.78 Å². The van der Waals surface area contributed by atoms with Crippen molar-refractivity contribution in [2.24, 2.45) is 5.14 Å². The van der Waals surface area contributed by atoms with E-state index < -0.39 is 27.0 Å². The molecule has 0 spiro atoms. The van der Waals surface area contributed by atoms with Crippen LogP contribution in [-0.2, 0) is 10.0 Å². The zero-order valence-electron chi connectivity index (χ0n) is 7.65. The number of sulfonamides is 1. The molecule has 0 aliphatic rings. The van der Waals surface area contributed by atoms with Crippen molar-refractivity contribution in [3.63, 3.8) is 0 Å². The fourth-order valence-corrected chi connectivity index (χ4v) is 1.65. The lowest BCUT2D eigenvalue weighted by atomic mass is 10.3. The molecule has 0 atom stereocenters. The van der Waals surface area contributed by atoms with Gasteiger partial charge in [-0.05, 0) is 0 Å². The summed E-state index contributed by atoms with van der Waals surface area (Å²) in [5, 5.41) is 4.76. The fraction of sp³-hybridized carbons (Fsp3) is 0.286. The van der Waals surface area contributed by atoms with Crippen molar-refractivity contribution in [3.8, 4) is 5.75 Å². The Labute approximate surface area is 84.9 Å². The fourth-order valence-electron chi connectivity index (χ4n) is 0.941. The van der Waals surface area contributed by atoms with Gasteiger partial charge in [-0.25, -0.2) is 27.3 Å². The molecule has 8 heteroatoms. The SMILES string of the molecule is COc1cnc(C(F)F)c(S(N)(=O)=O)c1. The molecule has 0 aliphatic carbocycles. The van der Waals surface area contributed by atoms with Crippen LogP contribution in [0.3, 0.4) is 0 Å². The van der Waals surface area contributed by atoms with Gasteiger partial charge < -0.3 is 4.74 Å². The number of alkyl halides is 2. The maximum Gasteiger partial charge on any atom is 0.281 e. The Balaban J connectivity index is 3.43. The largest absolute Gasteiger partial charge is 0.495 e. The molecule has 0 amide bonds. The molecule has 0 aliphatic heterocycles. The van der Waals surface area contributed by atoms with Crippen molar-refractivity contribution in [3.05, 3.63) is 18.0 Å². The quantitative estimate of drug-likeness (QED) is 0.839. The molecule has 2 N–H and O–H groups in total. The Bertz CT molecular complexity index is 461. The van der Waals surface area contributed by atoms with Gasteiger partial charge in [0.25, 0.3) is 6.43 Å². The lowest BCUT2D eigenvalue weighted by Crippen LogP contribution is -2.16. The molecule has 0 aromatic carbocycles. The molecular weight excluding hydrogens is 230 g/mol. The number of pyridine rings is 1. The number of ether oxygens (including phenoxy) is 1. The Kier molecular flexibility index (Phi) is 3.20. The standard InChI is InChI=1S/C7H8F2N2O3S/c1-14-4-2-5(15(10,12)13)6(7(8)9)11-3-4/h2-3,7H,1H3,(H2,10,12,13). The van der Waals surface area contributed by atoms with Gasteiger partial charge in [0.05, 0.1) is 13.3 Å². The van der Waals surface area contributed by atoms with Crippen LogP contribution in [0.1, 0.15) is 12.1 Å². The number of rotatable bonds is 3. The molecule has 84 valence electrons. The van der Waals surface area contributed by atoms with E-state index in [2.05, 4.69) is 9.72 Å². The highest BCUT2D eigenvalue weighted by Gasteiger charge is 2.22. The molecule has 0 saturated heterocycles. The van der Waals surface area contributed by atoms with Gasteiger partial charge >= 0.3 is 0 Å². The van der Waals surface area contributed by atoms with Crippen LogP contribution in [0.25, 0.3) is 0 Å². The molecule has 0 saturated carbocycles. The molecule has 5 nitrogen and oxygen atoms in total. The molecule has 0 bridgehead atoms. The van der Waals surface area contributed by atoms with Gasteiger partial charge in [0.15, 0.2) is 0 Å².